The Hall–Kier alpha value is -0.410. The lowest BCUT2D eigenvalue weighted by atomic mass is 10.2. The Bertz CT molecular complexity index is 415. The molecule has 0 spiro atoms. The maximum absolute atomic E-state index is 13.5. The van der Waals surface area contributed by atoms with E-state index in [1.807, 2.05) is 0 Å². The third kappa shape index (κ3) is 4.40. The maximum atomic E-state index is 13.5. The van der Waals surface area contributed by atoms with E-state index in [4.69, 9.17) is 20.6 Å². The second kappa shape index (κ2) is 6.50. The molecule has 0 aliphatic rings. The molecule has 6 heteroatoms. The number of rotatable bonds is 6. The summed E-state index contributed by atoms with van der Waals surface area (Å²) in [5, 5.41) is 0.300. The quantitative estimate of drug-likeness (QED) is 0.731. The van der Waals surface area contributed by atoms with Gasteiger partial charge in [-0.1, -0.05) is 17.7 Å². The first kappa shape index (κ1) is 14.7. The molecule has 0 N–H and O–H groups in total. The molecular formula is C11H15ClFO3P. The molecule has 1 rings (SSSR count). The molecule has 1 aromatic carbocycles. The predicted molar refractivity (Wildman–Crippen MR) is 66.0 cm³/mol. The zero-order valence-electron chi connectivity index (χ0n) is 9.78. The van der Waals surface area contributed by atoms with Crippen LogP contribution in [0.1, 0.15) is 19.4 Å². The molecule has 0 heterocycles. The van der Waals surface area contributed by atoms with Crippen molar-refractivity contribution in [3.05, 3.63) is 34.6 Å². The topological polar surface area (TPSA) is 35.5 Å². The van der Waals surface area contributed by atoms with Gasteiger partial charge in [0.1, 0.15) is 5.82 Å². The Morgan fingerprint density at radius 3 is 2.35 bits per heavy atom. The lowest BCUT2D eigenvalue weighted by Gasteiger charge is -2.17. The summed E-state index contributed by atoms with van der Waals surface area (Å²) in [7, 11) is -3.27. The molecule has 0 saturated heterocycles. The highest BCUT2D eigenvalue weighted by Crippen LogP contribution is 2.51. The van der Waals surface area contributed by atoms with Crippen molar-refractivity contribution in [3.8, 4) is 0 Å². The normalized spacial score (nSPS) is 11.8. The van der Waals surface area contributed by atoms with Crippen molar-refractivity contribution in [1.82, 2.24) is 0 Å². The molecular weight excluding hydrogens is 266 g/mol. The zero-order valence-corrected chi connectivity index (χ0v) is 11.4. The molecule has 0 radical (unpaired) electrons. The van der Waals surface area contributed by atoms with Crippen LogP contribution < -0.4 is 0 Å². The van der Waals surface area contributed by atoms with Crippen molar-refractivity contribution in [1.29, 1.82) is 0 Å². The van der Waals surface area contributed by atoms with Gasteiger partial charge >= 0.3 is 7.60 Å². The summed E-state index contributed by atoms with van der Waals surface area (Å²) in [4.78, 5) is 0. The third-order valence-electron chi connectivity index (χ3n) is 2.03. The number of hydrogen-bond acceptors (Lipinski definition) is 3. The first-order valence-corrected chi connectivity index (χ1v) is 7.43. The molecule has 0 aliphatic heterocycles. The summed E-state index contributed by atoms with van der Waals surface area (Å²) < 4.78 is 35.9. The molecule has 96 valence electrons. The fourth-order valence-electron chi connectivity index (χ4n) is 1.38. The fraction of sp³-hybridized carbons (Fsp3) is 0.455. The molecule has 0 amide bonds. The number of halogens is 2. The minimum absolute atomic E-state index is 0.0856. The summed E-state index contributed by atoms with van der Waals surface area (Å²) >= 11 is 5.64. The molecule has 0 unspecified atom stereocenters. The van der Waals surface area contributed by atoms with E-state index in [-0.39, 0.29) is 24.9 Å². The molecule has 1 aromatic rings. The summed E-state index contributed by atoms with van der Waals surface area (Å²) in [5.74, 6) is -0.503. The van der Waals surface area contributed by atoms with Crippen LogP contribution in [0, 0.1) is 5.82 Å². The van der Waals surface area contributed by atoms with Crippen LogP contribution in [0.2, 0.25) is 5.02 Å². The lowest BCUT2D eigenvalue weighted by Crippen LogP contribution is -2.00. The van der Waals surface area contributed by atoms with Crippen molar-refractivity contribution in [3.63, 3.8) is 0 Å². The van der Waals surface area contributed by atoms with Crippen LogP contribution in [0.25, 0.3) is 0 Å². The van der Waals surface area contributed by atoms with Crippen molar-refractivity contribution in [2.75, 3.05) is 13.2 Å². The minimum atomic E-state index is -3.27. The Kier molecular flexibility index (Phi) is 5.60. The largest absolute Gasteiger partial charge is 0.335 e. The molecule has 0 saturated carbocycles. The first-order chi connectivity index (χ1) is 8.00. The number of benzene rings is 1. The van der Waals surface area contributed by atoms with Gasteiger partial charge in [0.2, 0.25) is 0 Å². The van der Waals surface area contributed by atoms with Gasteiger partial charge in [0.25, 0.3) is 0 Å². The molecule has 0 fully saturated rings. The molecule has 17 heavy (non-hydrogen) atoms. The average Bonchev–Trinajstić information content (AvgIpc) is 2.23. The van der Waals surface area contributed by atoms with Gasteiger partial charge in [0, 0.05) is 5.02 Å². The fourth-order valence-corrected chi connectivity index (χ4v) is 3.26. The van der Waals surface area contributed by atoms with Crippen LogP contribution in [0.5, 0.6) is 0 Å². The first-order valence-electron chi connectivity index (χ1n) is 5.33. The van der Waals surface area contributed by atoms with Crippen LogP contribution in [0.4, 0.5) is 4.39 Å². The van der Waals surface area contributed by atoms with E-state index in [1.54, 1.807) is 19.9 Å². The van der Waals surface area contributed by atoms with Crippen LogP contribution >= 0.6 is 19.2 Å². The van der Waals surface area contributed by atoms with Gasteiger partial charge in [-0.25, -0.2) is 4.39 Å². The summed E-state index contributed by atoms with van der Waals surface area (Å²) in [6, 6.07) is 4.21. The maximum Gasteiger partial charge on any atom is 0.335 e. The smallest absolute Gasteiger partial charge is 0.309 e. The standard InChI is InChI=1S/C11H15ClFO3P/c1-3-15-17(14,16-4-2)8-9-5-6-10(12)7-11(9)13/h5-7H,3-4,8H2,1-2H3. The van der Waals surface area contributed by atoms with Gasteiger partial charge in [0.15, 0.2) is 0 Å². The van der Waals surface area contributed by atoms with Crippen LogP contribution in [0.3, 0.4) is 0 Å². The van der Waals surface area contributed by atoms with E-state index < -0.39 is 13.4 Å². The van der Waals surface area contributed by atoms with Crippen molar-refractivity contribution in [2.24, 2.45) is 0 Å². The van der Waals surface area contributed by atoms with Gasteiger partial charge in [-0.05, 0) is 31.5 Å². The lowest BCUT2D eigenvalue weighted by molar-refractivity contribution is 0.219. The van der Waals surface area contributed by atoms with Gasteiger partial charge in [-0.3, -0.25) is 4.57 Å². The Morgan fingerprint density at radius 2 is 1.88 bits per heavy atom. The third-order valence-corrected chi connectivity index (χ3v) is 4.30. The van der Waals surface area contributed by atoms with E-state index in [2.05, 4.69) is 0 Å². The summed E-state index contributed by atoms with van der Waals surface area (Å²) in [6.07, 6.45) is -0.0856. The van der Waals surface area contributed by atoms with Crippen LogP contribution in [0.15, 0.2) is 18.2 Å². The molecule has 0 atom stereocenters. The highest BCUT2D eigenvalue weighted by Gasteiger charge is 2.25. The SMILES string of the molecule is CCOP(=O)(Cc1ccc(Cl)cc1F)OCC. The van der Waals surface area contributed by atoms with E-state index in [1.165, 1.54) is 12.1 Å². The second-order valence-electron chi connectivity index (χ2n) is 3.34. The van der Waals surface area contributed by atoms with Crippen molar-refractivity contribution < 1.29 is 18.0 Å². The van der Waals surface area contributed by atoms with Crippen LogP contribution in [-0.4, -0.2) is 13.2 Å². The molecule has 0 bridgehead atoms. The molecule has 0 aromatic heterocycles. The average molecular weight is 281 g/mol. The van der Waals surface area contributed by atoms with E-state index in [9.17, 15) is 8.96 Å². The predicted octanol–water partition coefficient (Wildman–Crippen LogP) is 4.25. The zero-order chi connectivity index (χ0) is 12.9. The second-order valence-corrected chi connectivity index (χ2v) is 5.83. The van der Waals surface area contributed by atoms with Gasteiger partial charge in [-0.2, -0.15) is 0 Å². The Morgan fingerprint density at radius 1 is 1.29 bits per heavy atom. The van der Waals surface area contributed by atoms with Gasteiger partial charge < -0.3 is 9.05 Å². The Balaban J connectivity index is 2.89. The monoisotopic (exact) mass is 280 g/mol. The summed E-state index contributed by atoms with van der Waals surface area (Å²) in [5.41, 5.74) is 0.277. The minimum Gasteiger partial charge on any atom is -0.309 e. The van der Waals surface area contributed by atoms with Crippen molar-refractivity contribution >= 4 is 19.2 Å². The van der Waals surface area contributed by atoms with Crippen LogP contribution in [-0.2, 0) is 19.8 Å². The van der Waals surface area contributed by atoms with Gasteiger partial charge in [-0.15, -0.1) is 0 Å². The highest BCUT2D eigenvalue weighted by atomic mass is 35.5. The molecule has 0 aliphatic carbocycles. The highest BCUT2D eigenvalue weighted by molar-refractivity contribution is 7.53. The van der Waals surface area contributed by atoms with E-state index in [0.29, 0.717) is 5.02 Å². The Labute approximate surface area is 105 Å². The van der Waals surface area contributed by atoms with Crippen molar-refractivity contribution in [2.45, 2.75) is 20.0 Å². The van der Waals surface area contributed by atoms with E-state index >= 15 is 0 Å². The summed E-state index contributed by atoms with van der Waals surface area (Å²) in [6.45, 7) is 3.94. The number of hydrogen-bond donors (Lipinski definition) is 0. The molecule has 3 nitrogen and oxygen atoms in total. The van der Waals surface area contributed by atoms with E-state index in [0.717, 1.165) is 0 Å². The van der Waals surface area contributed by atoms with Gasteiger partial charge in [0.05, 0.1) is 19.4 Å².